The molecule has 29 heteroatoms. The van der Waals surface area contributed by atoms with Gasteiger partial charge in [-0.1, -0.05) is 120 Å². The standard InChI is InChI=1S/C23H23Cl2N3O4S2.C22H21Cl2N3O2S.C18H17Cl2NO2.C4H5ClN2S.CH4.ClH/c1-23(2,17-10-15(12-26)21(20(25)11-17)31-9-8-24)16-4-6-19(7-5-16)32-13-18-14-33-22(27-18)28-34(3,29)30;1-22(2,16-9-14(11-25)20(19(24)10-16)28-8-7-23)15-3-5-18(6-4-15)29-12-17-13-30-21(26)27-17;1-18(2,13-3-5-15(22)6-4-13)14-9-12(11-21)17(16(20)10-14)23-8-7-19;5-1-3-2-8-4(6)7-3;;/h4-7,10-11,14H,8-9,13H2,1-3H3,(H,27,28);3-6,9-10,13H,7-8,12H2,1-2H3,(H2,26,27);3-6,9-10,22H,7-8H2,1-2H3;2H,1H2,(H2,6,7);1H4;1H. The number of nitrogens with two attached hydrogens (primary N) is 2. The second kappa shape index (κ2) is 38.5. The molecule has 3 aromatic heterocycles. The number of hydrogen-bond acceptors (Lipinski definition) is 19. The maximum Gasteiger partial charge on any atom is 0.231 e. The summed E-state index contributed by atoms with van der Waals surface area (Å²) in [5.41, 5.74) is 18.9. The van der Waals surface area contributed by atoms with E-state index in [2.05, 4.69) is 51.7 Å². The molecule has 0 aliphatic heterocycles. The van der Waals surface area contributed by atoms with Crippen LogP contribution < -0.4 is 39.9 Å². The topological polar surface area (TPSA) is 275 Å². The van der Waals surface area contributed by atoms with E-state index in [9.17, 15) is 29.3 Å². The number of alkyl halides is 4. The summed E-state index contributed by atoms with van der Waals surface area (Å²) in [6.07, 6.45) is 1.08. The van der Waals surface area contributed by atoms with E-state index in [4.69, 9.17) is 116 Å². The molecule has 0 saturated heterocycles. The molecule has 0 radical (unpaired) electrons. The summed E-state index contributed by atoms with van der Waals surface area (Å²) < 4.78 is 53.1. The van der Waals surface area contributed by atoms with Gasteiger partial charge in [0.15, 0.2) is 32.6 Å². The summed E-state index contributed by atoms with van der Waals surface area (Å²) in [6, 6.07) is 39.7. The number of nitrogens with zero attached hydrogens (tertiary/aromatic N) is 6. The Balaban J connectivity index is 0.000000293. The molecule has 9 rings (SSSR count). The van der Waals surface area contributed by atoms with Crippen LogP contribution >= 0.6 is 128 Å². The number of sulfonamides is 1. The van der Waals surface area contributed by atoms with E-state index < -0.39 is 15.4 Å². The van der Waals surface area contributed by atoms with Gasteiger partial charge in [-0.2, -0.15) is 15.8 Å². The Bertz CT molecular complexity index is 4270. The van der Waals surface area contributed by atoms with Gasteiger partial charge in [0.25, 0.3) is 0 Å². The molecule has 6 aromatic carbocycles. The van der Waals surface area contributed by atoms with Gasteiger partial charge in [-0.15, -0.1) is 92.8 Å². The molecule has 0 bridgehead atoms. The quantitative estimate of drug-likeness (QED) is 0.0409. The van der Waals surface area contributed by atoms with Crippen molar-refractivity contribution in [1.29, 1.82) is 15.8 Å². The van der Waals surface area contributed by atoms with Gasteiger partial charge in [-0.05, 0) is 106 Å². The molecule has 0 unspecified atom stereocenters. The number of nitrogen functional groups attached to an aromatic ring is 2. The first-order chi connectivity index (χ1) is 45.1. The van der Waals surface area contributed by atoms with E-state index in [1.165, 1.54) is 34.0 Å². The predicted molar refractivity (Wildman–Crippen MR) is 400 cm³/mol. The van der Waals surface area contributed by atoms with Gasteiger partial charge in [-0.25, -0.2) is 23.4 Å². The van der Waals surface area contributed by atoms with Crippen LogP contribution in [0.2, 0.25) is 15.1 Å². The van der Waals surface area contributed by atoms with Crippen molar-refractivity contribution >= 4 is 153 Å². The lowest BCUT2D eigenvalue weighted by Crippen LogP contribution is -2.19. The maximum atomic E-state index is 11.3. The molecule has 3 heterocycles. The van der Waals surface area contributed by atoms with Gasteiger partial charge in [0, 0.05) is 32.4 Å². The van der Waals surface area contributed by atoms with Crippen molar-refractivity contribution in [2.24, 2.45) is 0 Å². The number of benzene rings is 6. The lowest BCUT2D eigenvalue weighted by molar-refractivity contribution is 0.302. The highest BCUT2D eigenvalue weighted by Gasteiger charge is 2.29. The highest BCUT2D eigenvalue weighted by atomic mass is 35.5. The fraction of sp³-hybridized carbons (Fsp3) is 0.294. The molecule has 0 saturated carbocycles. The molecule has 0 spiro atoms. The second-order valence-electron chi connectivity index (χ2n) is 22.0. The van der Waals surface area contributed by atoms with E-state index in [1.54, 1.807) is 41.8 Å². The van der Waals surface area contributed by atoms with Gasteiger partial charge in [0.1, 0.15) is 68.5 Å². The smallest absolute Gasteiger partial charge is 0.231 e. The molecule has 6 N–H and O–H groups in total. The summed E-state index contributed by atoms with van der Waals surface area (Å²) >= 11 is 45.6. The average Bonchev–Trinajstić information content (AvgIpc) is 1.25. The fourth-order valence-electron chi connectivity index (χ4n) is 8.95. The van der Waals surface area contributed by atoms with Crippen LogP contribution in [0.4, 0.5) is 15.4 Å². The number of aromatic nitrogens is 3. The molecule has 0 fully saturated rings. The highest BCUT2D eigenvalue weighted by Crippen LogP contribution is 2.42. The number of anilines is 3. The summed E-state index contributed by atoms with van der Waals surface area (Å²) in [5.74, 6) is 4.05. The summed E-state index contributed by atoms with van der Waals surface area (Å²) in [4.78, 5) is 12.3. The molecule has 9 aromatic rings. The Hall–Kier alpha value is -6.85. The number of nitrogens with one attached hydrogen (secondary N) is 1. The Kier molecular flexibility index (Phi) is 32.8. The first-order valence-corrected chi connectivity index (χ1v) is 36.3. The minimum Gasteiger partial charge on any atom is -0.508 e. The van der Waals surface area contributed by atoms with Gasteiger partial charge < -0.3 is 40.3 Å². The Morgan fingerprint density at radius 2 is 0.825 bits per heavy atom. The minimum absolute atomic E-state index is 0. The molecular formula is C68H71Cl8N9O8S4. The van der Waals surface area contributed by atoms with Crippen LogP contribution in [0, 0.1) is 34.0 Å². The fourth-order valence-corrected chi connectivity index (χ4v) is 12.9. The third kappa shape index (κ3) is 23.7. The molecule has 0 atom stereocenters. The van der Waals surface area contributed by atoms with Crippen molar-refractivity contribution in [3.8, 4) is 52.7 Å². The number of aromatic hydroxyl groups is 1. The number of ether oxygens (including phenoxy) is 5. The molecule has 97 heavy (non-hydrogen) atoms. The molecule has 516 valence electrons. The number of thiazole rings is 3. The molecular weight excluding hydrogens is 1480 g/mol. The van der Waals surface area contributed by atoms with Crippen LogP contribution in [0.1, 0.15) is 116 Å². The monoisotopic (exact) mass is 1550 g/mol. The van der Waals surface area contributed by atoms with Gasteiger partial charge >= 0.3 is 0 Å². The van der Waals surface area contributed by atoms with Crippen molar-refractivity contribution in [3.63, 3.8) is 0 Å². The third-order valence-corrected chi connectivity index (χ3v) is 18.8. The summed E-state index contributed by atoms with van der Waals surface area (Å²) in [5, 5.41) is 46.0. The first kappa shape index (κ1) is 82.6. The van der Waals surface area contributed by atoms with E-state index in [0.717, 1.165) is 56.8 Å². The lowest BCUT2D eigenvalue weighted by atomic mass is 9.77. The molecule has 0 aliphatic rings. The highest BCUT2D eigenvalue weighted by molar-refractivity contribution is 7.92. The third-order valence-electron chi connectivity index (χ3n) is 14.2. The van der Waals surface area contributed by atoms with E-state index >= 15 is 0 Å². The number of halogens is 8. The van der Waals surface area contributed by atoms with Crippen molar-refractivity contribution in [2.75, 3.05) is 59.9 Å². The average molecular weight is 1550 g/mol. The van der Waals surface area contributed by atoms with E-state index in [1.807, 2.05) is 111 Å². The number of hydrogen-bond donors (Lipinski definition) is 4. The van der Waals surface area contributed by atoms with Crippen molar-refractivity contribution in [1.82, 2.24) is 15.0 Å². The van der Waals surface area contributed by atoms with Crippen molar-refractivity contribution in [2.45, 2.75) is 84.3 Å². The summed E-state index contributed by atoms with van der Waals surface area (Å²) in [7, 11) is -3.37. The normalized spacial score (nSPS) is 11.0. The molecule has 0 aliphatic carbocycles. The SMILES string of the molecule is C.CC(C)(c1ccc(O)cc1)c1cc(Cl)c(OCCCl)c(C#N)c1.CC(C)(c1ccc(OCc2csc(N)n2)cc1)c1cc(Cl)c(OCCCl)c(C#N)c1.CC(C)(c1ccc(OCc2csc(NS(C)(=O)=O)n2)cc1)c1cc(Cl)c(OCCCl)c(C#N)c1.Cl.Nc1nc(CCl)cs1. The van der Waals surface area contributed by atoms with Crippen LogP contribution in [0.25, 0.3) is 0 Å². The molecule has 17 nitrogen and oxygen atoms in total. The Morgan fingerprint density at radius 3 is 1.11 bits per heavy atom. The Labute approximate surface area is 620 Å². The number of nitriles is 3. The van der Waals surface area contributed by atoms with Crippen LogP contribution in [-0.2, 0) is 45.4 Å². The van der Waals surface area contributed by atoms with E-state index in [0.29, 0.717) is 106 Å². The van der Waals surface area contributed by atoms with Gasteiger partial charge in [-0.3, -0.25) is 4.72 Å². The van der Waals surface area contributed by atoms with Crippen LogP contribution in [0.5, 0.6) is 34.5 Å². The minimum atomic E-state index is -3.37. The Morgan fingerprint density at radius 1 is 0.505 bits per heavy atom. The van der Waals surface area contributed by atoms with Crippen molar-refractivity contribution < 1.29 is 37.2 Å². The van der Waals surface area contributed by atoms with E-state index in [-0.39, 0.29) is 62.8 Å². The number of phenolic OH excluding ortho intramolecular Hbond substituents is 1. The second-order valence-corrected chi connectivity index (χ2v) is 29.0. The number of phenols is 1. The summed E-state index contributed by atoms with van der Waals surface area (Å²) in [6.45, 7) is 13.7. The first-order valence-electron chi connectivity index (χ1n) is 28.5. The van der Waals surface area contributed by atoms with Crippen LogP contribution in [-0.4, -0.2) is 72.2 Å². The lowest BCUT2D eigenvalue weighted by Gasteiger charge is -2.27. The van der Waals surface area contributed by atoms with Crippen LogP contribution in [0.15, 0.2) is 125 Å². The maximum absolute atomic E-state index is 11.3. The zero-order valence-electron chi connectivity index (χ0n) is 52.8. The zero-order valence-corrected chi connectivity index (χ0v) is 62.2. The van der Waals surface area contributed by atoms with Gasteiger partial charge in [0.05, 0.1) is 78.6 Å². The number of rotatable bonds is 24. The predicted octanol–water partition coefficient (Wildman–Crippen LogP) is 18.7. The van der Waals surface area contributed by atoms with Crippen LogP contribution in [0.3, 0.4) is 0 Å². The largest absolute Gasteiger partial charge is 0.508 e. The van der Waals surface area contributed by atoms with Gasteiger partial charge in [0.2, 0.25) is 10.0 Å². The molecule has 0 amide bonds. The zero-order chi connectivity index (χ0) is 69.7. The van der Waals surface area contributed by atoms with Crippen molar-refractivity contribution in [3.05, 3.63) is 208 Å².